The highest BCUT2D eigenvalue weighted by Gasteiger charge is 2.34. The van der Waals surface area contributed by atoms with Crippen molar-refractivity contribution in [3.8, 4) is 11.5 Å². The van der Waals surface area contributed by atoms with Crippen LogP contribution < -0.4 is 20.3 Å². The molecule has 2 aliphatic heterocycles. The summed E-state index contributed by atoms with van der Waals surface area (Å²) in [5, 5.41) is 6.96. The summed E-state index contributed by atoms with van der Waals surface area (Å²) < 4.78 is 6.26. The third-order valence-corrected chi connectivity index (χ3v) is 8.69. The van der Waals surface area contributed by atoms with Gasteiger partial charge in [0.25, 0.3) is 5.91 Å². The van der Waals surface area contributed by atoms with E-state index in [2.05, 4.69) is 47.5 Å². The zero-order chi connectivity index (χ0) is 28.0. The van der Waals surface area contributed by atoms with Gasteiger partial charge in [-0.05, 0) is 80.7 Å². The van der Waals surface area contributed by atoms with Crippen LogP contribution in [-0.2, 0) is 0 Å². The minimum Gasteiger partial charge on any atom is -0.457 e. The second kappa shape index (κ2) is 10.6. The van der Waals surface area contributed by atoms with Crippen LogP contribution in [0.5, 0.6) is 11.5 Å². The van der Waals surface area contributed by atoms with Crippen molar-refractivity contribution in [2.24, 2.45) is 0 Å². The number of carbonyl (C=O) groups is 2. The number of para-hydroxylation sites is 1. The fourth-order valence-electron chi connectivity index (χ4n) is 5.64. The average Bonchev–Trinajstić information content (AvgIpc) is 3.29. The molecule has 9 heteroatoms. The van der Waals surface area contributed by atoms with Crippen LogP contribution in [0.4, 0.5) is 21.9 Å². The lowest BCUT2D eigenvalue weighted by atomic mass is 10.0. The Kier molecular flexibility index (Phi) is 6.93. The van der Waals surface area contributed by atoms with Crippen LogP contribution in [0.2, 0.25) is 0 Å². The van der Waals surface area contributed by atoms with Crippen LogP contribution in [0.1, 0.15) is 53.4 Å². The smallest absolute Gasteiger partial charge is 0.331 e. The molecule has 2 aliphatic rings. The molecule has 0 bridgehead atoms. The van der Waals surface area contributed by atoms with E-state index in [1.807, 2.05) is 49.4 Å². The van der Waals surface area contributed by atoms with Crippen LogP contribution >= 0.6 is 11.3 Å². The molecule has 4 aromatic rings. The maximum absolute atomic E-state index is 13.6. The molecule has 1 fully saturated rings. The molecule has 0 radical (unpaired) electrons. The normalized spacial score (nSPS) is 17.3. The first-order chi connectivity index (χ1) is 19.3. The van der Waals surface area contributed by atoms with Gasteiger partial charge in [-0.2, -0.15) is 0 Å². The molecule has 2 aromatic carbocycles. The molecule has 1 saturated heterocycles. The van der Waals surface area contributed by atoms with Gasteiger partial charge in [-0.25, -0.2) is 9.78 Å². The van der Waals surface area contributed by atoms with Crippen LogP contribution in [-0.4, -0.2) is 48.0 Å². The Balaban J connectivity index is 1.32. The molecule has 6 rings (SSSR count). The standard InChI is InChI=1S/C31H33N5O3S/c1-18(2)22-9-5-6-10-25(22)39-21-11-12-23(19(3)16-21)36-24-13-14-32-30-26(24)27(34-31(36)38)28(40-30)29(37)33-20-8-7-15-35(4)17-20/h5-6,9-14,16,18,20H,7-8,15,17H2,1-4H3,(H,33,37)(H,34,38)/t20-/m1/s1. The van der Waals surface area contributed by atoms with Gasteiger partial charge >= 0.3 is 6.03 Å². The summed E-state index contributed by atoms with van der Waals surface area (Å²) in [6, 6.07) is 15.4. The fraction of sp³-hybridized carbons (Fsp3) is 0.323. The zero-order valence-electron chi connectivity index (χ0n) is 23.2. The highest BCUT2D eigenvalue weighted by atomic mass is 32.1. The van der Waals surface area contributed by atoms with Gasteiger partial charge in [-0.3, -0.25) is 9.69 Å². The second-order valence-electron chi connectivity index (χ2n) is 10.9. The molecule has 206 valence electrons. The molecule has 0 unspecified atom stereocenters. The van der Waals surface area contributed by atoms with E-state index in [0.29, 0.717) is 32.7 Å². The Morgan fingerprint density at radius 3 is 2.77 bits per heavy atom. The number of rotatable bonds is 6. The van der Waals surface area contributed by atoms with Crippen molar-refractivity contribution in [1.82, 2.24) is 15.2 Å². The van der Waals surface area contributed by atoms with Crippen molar-refractivity contribution < 1.29 is 14.3 Å². The molecule has 1 atom stereocenters. The molecule has 2 aromatic heterocycles. The van der Waals surface area contributed by atoms with Gasteiger partial charge in [-0.15, -0.1) is 11.3 Å². The second-order valence-corrected chi connectivity index (χ2v) is 11.9. The molecule has 2 N–H and O–H groups in total. The number of nitrogens with one attached hydrogen (secondary N) is 2. The minimum atomic E-state index is -0.313. The van der Waals surface area contributed by atoms with Crippen molar-refractivity contribution in [1.29, 1.82) is 0 Å². The van der Waals surface area contributed by atoms with Crippen molar-refractivity contribution in [2.45, 2.75) is 45.6 Å². The third kappa shape index (κ3) is 4.80. The molecule has 0 saturated carbocycles. The maximum atomic E-state index is 13.6. The van der Waals surface area contributed by atoms with Gasteiger partial charge in [0.2, 0.25) is 0 Å². The summed E-state index contributed by atoms with van der Waals surface area (Å²) in [5.74, 6) is 1.69. The number of aromatic nitrogens is 1. The molecule has 0 spiro atoms. The van der Waals surface area contributed by atoms with Crippen LogP contribution in [0, 0.1) is 6.92 Å². The van der Waals surface area contributed by atoms with Crippen molar-refractivity contribution in [3.05, 3.63) is 70.7 Å². The Morgan fingerprint density at radius 2 is 2.00 bits per heavy atom. The highest BCUT2D eigenvalue weighted by Crippen LogP contribution is 2.46. The van der Waals surface area contributed by atoms with Crippen LogP contribution in [0.15, 0.2) is 54.7 Å². The number of aryl methyl sites for hydroxylation is 1. The molecule has 0 aliphatic carbocycles. The predicted octanol–water partition coefficient (Wildman–Crippen LogP) is 7.03. The first kappa shape index (κ1) is 26.3. The molecule has 8 nitrogen and oxygen atoms in total. The van der Waals surface area contributed by atoms with E-state index in [4.69, 9.17) is 4.74 Å². The first-order valence-corrected chi connectivity index (χ1v) is 14.5. The summed E-state index contributed by atoms with van der Waals surface area (Å²) in [5.41, 5.74) is 4.01. The quantitative estimate of drug-likeness (QED) is 0.267. The number of hydrogen-bond acceptors (Lipinski definition) is 6. The SMILES string of the molecule is Cc1cc(Oc2ccccc2C(C)C)ccc1N1C(=O)Nc2c(C(=O)N[C@@H]3CCCN(C)C3)sc3nccc1c23. The number of ether oxygens (including phenoxy) is 1. The summed E-state index contributed by atoms with van der Waals surface area (Å²) in [6.07, 6.45) is 3.69. The number of piperidine rings is 1. The maximum Gasteiger partial charge on any atom is 0.331 e. The Bertz CT molecular complexity index is 1610. The van der Waals surface area contributed by atoms with Crippen molar-refractivity contribution in [3.63, 3.8) is 0 Å². The number of benzene rings is 2. The Hall–Kier alpha value is -3.95. The fourth-order valence-corrected chi connectivity index (χ4v) is 6.66. The van der Waals surface area contributed by atoms with E-state index < -0.39 is 0 Å². The highest BCUT2D eigenvalue weighted by molar-refractivity contribution is 7.21. The predicted molar refractivity (Wildman–Crippen MR) is 161 cm³/mol. The number of carbonyl (C=O) groups excluding carboxylic acids is 2. The van der Waals surface area contributed by atoms with Gasteiger partial charge in [0.15, 0.2) is 0 Å². The molecule has 3 amide bonds. The lowest BCUT2D eigenvalue weighted by Crippen LogP contribution is -2.46. The molecule has 4 heterocycles. The van der Waals surface area contributed by atoms with E-state index in [9.17, 15) is 9.59 Å². The number of likely N-dealkylation sites (N-methyl/N-ethyl adjacent to an activating group) is 1. The number of likely N-dealkylation sites (tertiary alicyclic amines) is 1. The van der Waals surface area contributed by atoms with Gasteiger partial charge in [0.1, 0.15) is 21.2 Å². The molecule has 40 heavy (non-hydrogen) atoms. The van der Waals surface area contributed by atoms with Gasteiger partial charge in [0.05, 0.1) is 22.4 Å². The van der Waals surface area contributed by atoms with E-state index in [0.717, 1.165) is 53.9 Å². The van der Waals surface area contributed by atoms with Gasteiger partial charge < -0.3 is 20.3 Å². The van der Waals surface area contributed by atoms with Gasteiger partial charge in [-0.1, -0.05) is 32.0 Å². The van der Waals surface area contributed by atoms with Crippen LogP contribution in [0.3, 0.4) is 0 Å². The third-order valence-electron chi connectivity index (χ3n) is 7.59. The zero-order valence-corrected chi connectivity index (χ0v) is 24.0. The first-order valence-electron chi connectivity index (χ1n) is 13.7. The number of amides is 3. The lowest BCUT2D eigenvalue weighted by Gasteiger charge is -2.31. The Morgan fingerprint density at radius 1 is 1.18 bits per heavy atom. The topological polar surface area (TPSA) is 86.8 Å². The summed E-state index contributed by atoms with van der Waals surface area (Å²) >= 11 is 1.31. The average molecular weight is 556 g/mol. The van der Waals surface area contributed by atoms with E-state index >= 15 is 0 Å². The lowest BCUT2D eigenvalue weighted by molar-refractivity contribution is 0.0917. The number of urea groups is 1. The van der Waals surface area contributed by atoms with Gasteiger partial charge in [0, 0.05) is 18.8 Å². The summed E-state index contributed by atoms with van der Waals surface area (Å²) in [4.78, 5) is 36.5. The van der Waals surface area contributed by atoms with Crippen LogP contribution in [0.25, 0.3) is 10.2 Å². The van der Waals surface area contributed by atoms with Crippen molar-refractivity contribution in [2.75, 3.05) is 30.4 Å². The minimum absolute atomic E-state index is 0.0859. The largest absolute Gasteiger partial charge is 0.457 e. The monoisotopic (exact) mass is 555 g/mol. The number of pyridine rings is 1. The molecular formula is C31H33N5O3S. The van der Waals surface area contributed by atoms with E-state index in [-0.39, 0.29) is 18.0 Å². The number of hydrogen-bond donors (Lipinski definition) is 2. The molecular weight excluding hydrogens is 522 g/mol. The summed E-state index contributed by atoms with van der Waals surface area (Å²) in [6.45, 7) is 8.10. The van der Waals surface area contributed by atoms with E-state index in [1.165, 1.54) is 11.3 Å². The summed E-state index contributed by atoms with van der Waals surface area (Å²) in [7, 11) is 2.07. The Labute approximate surface area is 238 Å². The number of thiophene rings is 1. The van der Waals surface area contributed by atoms with E-state index in [1.54, 1.807) is 11.1 Å². The van der Waals surface area contributed by atoms with Crippen molar-refractivity contribution >= 4 is 50.6 Å². The number of anilines is 3. The number of nitrogens with zero attached hydrogens (tertiary/aromatic N) is 3.